The molecule has 1 heterocycles. The van der Waals surface area contributed by atoms with Gasteiger partial charge in [-0.1, -0.05) is 24.8 Å². The maximum atomic E-state index is 12.1. The number of ether oxygens (including phenoxy) is 1. The first-order chi connectivity index (χ1) is 10.5. The fourth-order valence-corrected chi connectivity index (χ4v) is 1.82. The Hall–Kier alpha value is -2.96. The first kappa shape index (κ1) is 15.4. The van der Waals surface area contributed by atoms with Crippen molar-refractivity contribution in [3.63, 3.8) is 0 Å². The van der Waals surface area contributed by atoms with Crippen molar-refractivity contribution in [2.24, 2.45) is 5.73 Å². The molecule has 5 N–H and O–H groups in total. The largest absolute Gasteiger partial charge is 0.491 e. The number of nitrogens with two attached hydrogens (primary N) is 1. The van der Waals surface area contributed by atoms with Crippen LogP contribution in [-0.4, -0.2) is 24.6 Å². The molecule has 0 spiro atoms. The maximum absolute atomic E-state index is 12.1. The fraction of sp³-hybridized carbons (Fsp3) is 0.200. The van der Waals surface area contributed by atoms with Crippen LogP contribution >= 0.6 is 0 Å². The molecule has 1 aliphatic rings. The number of nitrogens with one attached hydrogen (secondary N) is 3. The van der Waals surface area contributed by atoms with Gasteiger partial charge in [-0.15, -0.1) is 0 Å². The molecule has 0 fully saturated rings. The Labute approximate surface area is 128 Å². The van der Waals surface area contributed by atoms with E-state index in [9.17, 15) is 9.59 Å². The van der Waals surface area contributed by atoms with E-state index in [-0.39, 0.29) is 29.7 Å². The van der Waals surface area contributed by atoms with Crippen LogP contribution in [0.15, 0.2) is 54.0 Å². The van der Waals surface area contributed by atoms with Crippen LogP contribution in [0.3, 0.4) is 0 Å². The summed E-state index contributed by atoms with van der Waals surface area (Å²) in [5.74, 6) is 0.225. The summed E-state index contributed by atoms with van der Waals surface area (Å²) in [6.45, 7) is 5.65. The Bertz CT molecular complexity index is 625. The van der Waals surface area contributed by atoms with Crippen molar-refractivity contribution in [2.75, 3.05) is 6.61 Å². The molecule has 1 aliphatic heterocycles. The van der Waals surface area contributed by atoms with Crippen LogP contribution < -0.4 is 26.4 Å². The number of carbonyl (C=O) groups excluding carboxylic acids is 2. The Morgan fingerprint density at radius 2 is 2.05 bits per heavy atom. The minimum absolute atomic E-state index is 0.0136. The molecule has 2 rings (SSSR count). The highest BCUT2D eigenvalue weighted by Gasteiger charge is 2.24. The Balaban J connectivity index is 1.92. The van der Waals surface area contributed by atoms with E-state index in [4.69, 9.17) is 10.5 Å². The molecule has 0 aromatic heterocycles. The Kier molecular flexibility index (Phi) is 4.67. The van der Waals surface area contributed by atoms with Crippen molar-refractivity contribution >= 4 is 11.9 Å². The number of rotatable bonds is 5. The normalized spacial score (nSPS) is 15.7. The monoisotopic (exact) mass is 302 g/mol. The highest BCUT2D eigenvalue weighted by Crippen LogP contribution is 2.10. The summed E-state index contributed by atoms with van der Waals surface area (Å²) in [6.07, 6.45) is 0. The zero-order valence-corrected chi connectivity index (χ0v) is 12.2. The molecule has 22 heavy (non-hydrogen) atoms. The molecule has 0 radical (unpaired) electrons. The molecule has 7 heteroatoms. The Morgan fingerprint density at radius 3 is 2.73 bits per heavy atom. The van der Waals surface area contributed by atoms with Gasteiger partial charge >= 0.3 is 6.03 Å². The third-order valence-electron chi connectivity index (χ3n) is 2.95. The fourth-order valence-electron chi connectivity index (χ4n) is 1.82. The summed E-state index contributed by atoms with van der Waals surface area (Å²) in [7, 11) is 0. The van der Waals surface area contributed by atoms with E-state index in [1.165, 1.54) is 0 Å². The summed E-state index contributed by atoms with van der Waals surface area (Å²) >= 11 is 0. The van der Waals surface area contributed by atoms with E-state index in [1.807, 2.05) is 30.3 Å². The van der Waals surface area contributed by atoms with Gasteiger partial charge < -0.3 is 26.4 Å². The Morgan fingerprint density at radius 1 is 1.36 bits per heavy atom. The second-order valence-electron chi connectivity index (χ2n) is 4.84. The lowest BCUT2D eigenvalue weighted by Crippen LogP contribution is -2.49. The molecule has 0 saturated carbocycles. The SMILES string of the molecule is C=C1NC(=O)NC(C(=O)N[C@H](C)COc2ccccc2)=C1N. The van der Waals surface area contributed by atoms with Gasteiger partial charge in [-0.2, -0.15) is 0 Å². The summed E-state index contributed by atoms with van der Waals surface area (Å²) < 4.78 is 5.55. The maximum Gasteiger partial charge on any atom is 0.323 e. The van der Waals surface area contributed by atoms with Crippen LogP contribution in [0.5, 0.6) is 5.75 Å². The highest BCUT2D eigenvalue weighted by molar-refractivity contribution is 6.00. The van der Waals surface area contributed by atoms with Gasteiger partial charge in [0.2, 0.25) is 0 Å². The molecular formula is C15H18N4O3. The lowest BCUT2D eigenvalue weighted by atomic mass is 10.2. The van der Waals surface area contributed by atoms with Gasteiger partial charge in [0.1, 0.15) is 18.1 Å². The number of carbonyl (C=O) groups is 2. The van der Waals surface area contributed by atoms with Crippen molar-refractivity contribution in [1.29, 1.82) is 0 Å². The van der Waals surface area contributed by atoms with E-state index < -0.39 is 11.9 Å². The van der Waals surface area contributed by atoms with Gasteiger partial charge in [-0.25, -0.2) is 4.79 Å². The van der Waals surface area contributed by atoms with E-state index in [0.29, 0.717) is 5.75 Å². The average molecular weight is 302 g/mol. The number of para-hydroxylation sites is 1. The van der Waals surface area contributed by atoms with Crippen LogP contribution in [0, 0.1) is 0 Å². The van der Waals surface area contributed by atoms with E-state index >= 15 is 0 Å². The van der Waals surface area contributed by atoms with Crippen molar-refractivity contribution < 1.29 is 14.3 Å². The zero-order chi connectivity index (χ0) is 16.1. The molecule has 1 aromatic carbocycles. The first-order valence-corrected chi connectivity index (χ1v) is 6.73. The molecule has 116 valence electrons. The number of hydrogen-bond acceptors (Lipinski definition) is 4. The van der Waals surface area contributed by atoms with Crippen LogP contribution in [0.1, 0.15) is 6.92 Å². The van der Waals surface area contributed by atoms with Crippen LogP contribution in [0.25, 0.3) is 0 Å². The number of urea groups is 1. The molecule has 3 amide bonds. The molecule has 0 bridgehead atoms. The van der Waals surface area contributed by atoms with Gasteiger partial charge in [0.25, 0.3) is 5.91 Å². The summed E-state index contributed by atoms with van der Waals surface area (Å²) in [5.41, 5.74) is 6.02. The molecule has 0 unspecified atom stereocenters. The minimum atomic E-state index is -0.544. The predicted molar refractivity (Wildman–Crippen MR) is 81.6 cm³/mol. The number of hydrogen-bond donors (Lipinski definition) is 4. The molecule has 1 atom stereocenters. The van der Waals surface area contributed by atoms with E-state index in [2.05, 4.69) is 22.5 Å². The lowest BCUT2D eigenvalue weighted by Gasteiger charge is -2.22. The standard InChI is InChI=1S/C15H18N4O3/c1-9(8-22-11-6-4-3-5-7-11)17-14(20)13-12(16)10(2)18-15(21)19-13/h3-7,9H,2,8,16H2,1H3,(H,17,20)(H2,18,19,21)/t9-/m1/s1. The van der Waals surface area contributed by atoms with Crippen LogP contribution in [-0.2, 0) is 4.79 Å². The quantitative estimate of drug-likeness (QED) is 0.638. The molecule has 0 saturated heterocycles. The molecular weight excluding hydrogens is 284 g/mol. The van der Waals surface area contributed by atoms with Gasteiger partial charge in [0.05, 0.1) is 17.4 Å². The molecule has 0 aliphatic carbocycles. The minimum Gasteiger partial charge on any atom is -0.491 e. The average Bonchev–Trinajstić information content (AvgIpc) is 2.49. The topological polar surface area (TPSA) is 105 Å². The zero-order valence-electron chi connectivity index (χ0n) is 12.2. The van der Waals surface area contributed by atoms with Gasteiger partial charge in [0, 0.05) is 0 Å². The number of benzene rings is 1. The van der Waals surface area contributed by atoms with Gasteiger partial charge in [-0.3, -0.25) is 4.79 Å². The first-order valence-electron chi connectivity index (χ1n) is 6.73. The molecule has 1 aromatic rings. The smallest absolute Gasteiger partial charge is 0.323 e. The van der Waals surface area contributed by atoms with Crippen LogP contribution in [0.2, 0.25) is 0 Å². The lowest BCUT2D eigenvalue weighted by molar-refractivity contribution is -0.118. The third-order valence-corrected chi connectivity index (χ3v) is 2.95. The summed E-state index contributed by atoms with van der Waals surface area (Å²) in [4.78, 5) is 23.5. The van der Waals surface area contributed by atoms with E-state index in [1.54, 1.807) is 6.92 Å². The van der Waals surface area contributed by atoms with Gasteiger partial charge in [-0.05, 0) is 19.1 Å². The number of amides is 3. The molecule has 7 nitrogen and oxygen atoms in total. The third kappa shape index (κ3) is 3.78. The second-order valence-corrected chi connectivity index (χ2v) is 4.84. The van der Waals surface area contributed by atoms with Gasteiger partial charge in [0.15, 0.2) is 0 Å². The second kappa shape index (κ2) is 6.66. The van der Waals surface area contributed by atoms with Crippen molar-refractivity contribution in [2.45, 2.75) is 13.0 Å². The van der Waals surface area contributed by atoms with Crippen molar-refractivity contribution in [3.8, 4) is 5.75 Å². The van der Waals surface area contributed by atoms with Crippen LogP contribution in [0.4, 0.5) is 4.79 Å². The highest BCUT2D eigenvalue weighted by atomic mass is 16.5. The van der Waals surface area contributed by atoms with Crippen molar-refractivity contribution in [1.82, 2.24) is 16.0 Å². The van der Waals surface area contributed by atoms with E-state index in [0.717, 1.165) is 0 Å². The van der Waals surface area contributed by atoms with Crippen molar-refractivity contribution in [3.05, 3.63) is 54.0 Å². The summed E-state index contributed by atoms with van der Waals surface area (Å²) in [5, 5.41) is 7.45. The summed E-state index contributed by atoms with van der Waals surface area (Å²) in [6, 6.07) is 8.45. The predicted octanol–water partition coefficient (Wildman–Crippen LogP) is 0.567.